The molecule has 1 aromatic rings. The number of halogens is 3. The van der Waals surface area contributed by atoms with E-state index in [1.807, 2.05) is 6.07 Å². The first-order valence-corrected chi connectivity index (χ1v) is 9.85. The van der Waals surface area contributed by atoms with Gasteiger partial charge >= 0.3 is 6.09 Å². The van der Waals surface area contributed by atoms with Gasteiger partial charge in [0.1, 0.15) is 24.8 Å². The molecule has 1 saturated heterocycles. The number of hydrogen-bond donors (Lipinski definition) is 1. The first kappa shape index (κ1) is 23.7. The van der Waals surface area contributed by atoms with Gasteiger partial charge < -0.3 is 19.7 Å². The molecule has 162 valence electrons. The number of carbonyl (C=O) groups excluding carboxylic acids is 2. The van der Waals surface area contributed by atoms with Crippen molar-refractivity contribution in [1.29, 1.82) is 5.26 Å². The van der Waals surface area contributed by atoms with Crippen molar-refractivity contribution < 1.29 is 18.7 Å². The number of cyclic esters (lactones) is 1. The SMILES string of the molecule is CNCC1CN(c2ccc(N3C=NN(CC#N)CC3)c(F)c2)C(=O)O1.O=CC(Cl)Cl. The summed E-state index contributed by atoms with van der Waals surface area (Å²) in [6, 6.07) is 6.66. The number of anilines is 2. The van der Waals surface area contributed by atoms with Crippen molar-refractivity contribution in [2.24, 2.45) is 5.10 Å². The number of amides is 1. The molecule has 2 aliphatic rings. The van der Waals surface area contributed by atoms with Gasteiger partial charge in [-0.2, -0.15) is 10.4 Å². The van der Waals surface area contributed by atoms with Gasteiger partial charge in [-0.15, -0.1) is 0 Å². The number of nitriles is 1. The largest absolute Gasteiger partial charge is 0.443 e. The molecule has 12 heteroatoms. The summed E-state index contributed by atoms with van der Waals surface area (Å²) in [5.74, 6) is -0.442. The molecule has 1 amide bonds. The van der Waals surface area contributed by atoms with Crippen molar-refractivity contribution in [2.45, 2.75) is 10.9 Å². The predicted molar refractivity (Wildman–Crippen MR) is 113 cm³/mol. The van der Waals surface area contributed by atoms with E-state index < -0.39 is 16.7 Å². The third-order valence-corrected chi connectivity index (χ3v) is 4.37. The van der Waals surface area contributed by atoms with E-state index in [1.165, 1.54) is 17.3 Å². The number of ether oxygens (including phenoxy) is 1. The van der Waals surface area contributed by atoms with Crippen LogP contribution < -0.4 is 15.1 Å². The summed E-state index contributed by atoms with van der Waals surface area (Å²) in [6.45, 7) is 2.20. The van der Waals surface area contributed by atoms with Gasteiger partial charge in [0.05, 0.1) is 30.5 Å². The van der Waals surface area contributed by atoms with Crippen LogP contribution in [0.5, 0.6) is 0 Å². The number of alkyl halides is 2. The van der Waals surface area contributed by atoms with Crippen molar-refractivity contribution >= 4 is 53.3 Å². The van der Waals surface area contributed by atoms with Gasteiger partial charge in [-0.05, 0) is 25.2 Å². The van der Waals surface area contributed by atoms with E-state index >= 15 is 0 Å². The Kier molecular flexibility index (Phi) is 9.11. The maximum absolute atomic E-state index is 14.5. The highest BCUT2D eigenvalue weighted by Crippen LogP contribution is 2.28. The number of benzene rings is 1. The number of nitrogens with one attached hydrogen (secondary N) is 1. The first-order chi connectivity index (χ1) is 14.4. The van der Waals surface area contributed by atoms with E-state index in [0.717, 1.165) is 0 Å². The minimum absolute atomic E-state index is 0.205. The van der Waals surface area contributed by atoms with Gasteiger partial charge in [-0.25, -0.2) is 9.18 Å². The maximum atomic E-state index is 14.5. The second kappa shape index (κ2) is 11.5. The summed E-state index contributed by atoms with van der Waals surface area (Å²) in [5.41, 5.74) is 0.841. The lowest BCUT2D eigenvalue weighted by Gasteiger charge is -2.29. The number of nitrogens with zero attached hydrogens (tertiary/aromatic N) is 5. The van der Waals surface area contributed by atoms with Crippen LogP contribution in [0.25, 0.3) is 0 Å². The van der Waals surface area contributed by atoms with E-state index in [0.29, 0.717) is 43.8 Å². The molecule has 2 heterocycles. The molecule has 0 saturated carbocycles. The minimum Gasteiger partial charge on any atom is -0.443 e. The van der Waals surface area contributed by atoms with Crippen LogP contribution in [-0.2, 0) is 9.53 Å². The second-order valence-electron chi connectivity index (χ2n) is 6.25. The van der Waals surface area contributed by atoms with Crippen LogP contribution in [0, 0.1) is 17.1 Å². The summed E-state index contributed by atoms with van der Waals surface area (Å²) in [6.07, 6.45) is 1.23. The number of carbonyl (C=O) groups is 2. The average Bonchev–Trinajstić information content (AvgIpc) is 3.10. The van der Waals surface area contributed by atoms with Gasteiger partial charge in [0.25, 0.3) is 0 Å². The molecule has 0 spiro atoms. The van der Waals surface area contributed by atoms with Crippen molar-refractivity contribution in [3.8, 4) is 6.07 Å². The lowest BCUT2D eigenvalue weighted by atomic mass is 10.2. The van der Waals surface area contributed by atoms with Crippen LogP contribution in [0.3, 0.4) is 0 Å². The Balaban J connectivity index is 0.000000575. The monoisotopic (exact) mass is 458 g/mol. The predicted octanol–water partition coefficient (Wildman–Crippen LogP) is 1.95. The fraction of sp³-hybridized carbons (Fsp3) is 0.444. The molecular weight excluding hydrogens is 438 g/mol. The Morgan fingerprint density at radius 1 is 1.47 bits per heavy atom. The fourth-order valence-corrected chi connectivity index (χ4v) is 2.82. The number of aldehydes is 1. The van der Waals surface area contributed by atoms with Crippen molar-refractivity contribution in [1.82, 2.24) is 10.3 Å². The Bertz CT molecular complexity index is 820. The number of hydrogen-bond acceptors (Lipinski definition) is 8. The molecule has 0 aliphatic carbocycles. The van der Waals surface area contributed by atoms with Gasteiger partial charge in [0.2, 0.25) is 0 Å². The van der Waals surface area contributed by atoms with Crippen LogP contribution >= 0.6 is 23.2 Å². The van der Waals surface area contributed by atoms with Gasteiger partial charge in [0, 0.05) is 13.1 Å². The van der Waals surface area contributed by atoms with Crippen LogP contribution in [-0.4, -0.2) is 74.4 Å². The van der Waals surface area contributed by atoms with Gasteiger partial charge in [0.15, 0.2) is 11.1 Å². The third kappa shape index (κ3) is 6.45. The number of rotatable bonds is 6. The Morgan fingerprint density at radius 3 is 2.73 bits per heavy atom. The van der Waals surface area contributed by atoms with Crippen molar-refractivity contribution in [2.75, 3.05) is 49.6 Å². The lowest BCUT2D eigenvalue weighted by molar-refractivity contribution is -0.106. The summed E-state index contributed by atoms with van der Waals surface area (Å²) in [4.78, 5) is 23.4. The summed E-state index contributed by atoms with van der Waals surface area (Å²) in [7, 11) is 1.78. The highest BCUT2D eigenvalue weighted by atomic mass is 35.5. The molecule has 1 unspecified atom stereocenters. The van der Waals surface area contributed by atoms with Crippen molar-refractivity contribution in [3.05, 3.63) is 24.0 Å². The molecule has 9 nitrogen and oxygen atoms in total. The topological polar surface area (TPSA) is 101 Å². The second-order valence-corrected chi connectivity index (χ2v) is 7.41. The molecule has 1 N–H and O–H groups in total. The van der Waals surface area contributed by atoms with Crippen LogP contribution in [0.4, 0.5) is 20.6 Å². The average molecular weight is 459 g/mol. The maximum Gasteiger partial charge on any atom is 0.414 e. The summed E-state index contributed by atoms with van der Waals surface area (Å²) < 4.78 is 19.8. The van der Waals surface area contributed by atoms with Crippen LogP contribution in [0.2, 0.25) is 0 Å². The molecule has 0 aromatic heterocycles. The zero-order valence-electron chi connectivity index (χ0n) is 16.2. The standard InChI is InChI=1S/C16H19FN6O2.C2H2Cl2O/c1-19-9-13-10-23(16(24)25-13)12-2-3-15(14(17)8-12)21-6-7-22(5-4-18)20-11-21;3-2(4)1-5/h2-3,8,11,13,19H,5-7,9-10H2,1H3;1-2H. The summed E-state index contributed by atoms with van der Waals surface area (Å²) in [5, 5.41) is 17.4. The van der Waals surface area contributed by atoms with E-state index in [2.05, 4.69) is 10.4 Å². The van der Waals surface area contributed by atoms with Gasteiger partial charge in [-0.1, -0.05) is 23.2 Å². The van der Waals surface area contributed by atoms with E-state index in [9.17, 15) is 14.0 Å². The van der Waals surface area contributed by atoms with Gasteiger partial charge in [-0.3, -0.25) is 9.91 Å². The molecule has 0 bridgehead atoms. The Hall–Kier alpha value is -2.61. The molecule has 1 atom stereocenters. The molecule has 1 aromatic carbocycles. The molecule has 2 aliphatic heterocycles. The summed E-state index contributed by atoms with van der Waals surface area (Å²) >= 11 is 9.72. The molecule has 30 heavy (non-hydrogen) atoms. The minimum atomic E-state index is -0.852. The zero-order valence-corrected chi connectivity index (χ0v) is 17.7. The van der Waals surface area contributed by atoms with Crippen LogP contribution in [0.1, 0.15) is 0 Å². The number of likely N-dealkylation sites (N-methyl/N-ethyl adjacent to an activating group) is 1. The molecular formula is C18H21Cl2FN6O3. The highest BCUT2D eigenvalue weighted by Gasteiger charge is 2.32. The van der Waals surface area contributed by atoms with Crippen molar-refractivity contribution in [3.63, 3.8) is 0 Å². The normalized spacial score (nSPS) is 18.1. The Morgan fingerprint density at radius 2 is 2.20 bits per heavy atom. The molecule has 0 radical (unpaired) electrons. The van der Waals surface area contributed by atoms with Crippen LogP contribution in [0.15, 0.2) is 23.3 Å². The van der Waals surface area contributed by atoms with E-state index in [4.69, 9.17) is 33.2 Å². The quantitative estimate of drug-likeness (QED) is 0.394. The third-order valence-electron chi connectivity index (χ3n) is 4.17. The molecule has 3 rings (SSSR count). The molecule has 1 fully saturated rings. The fourth-order valence-electron chi connectivity index (χ4n) is 2.82. The smallest absolute Gasteiger partial charge is 0.414 e. The highest BCUT2D eigenvalue weighted by molar-refractivity contribution is 6.51. The van der Waals surface area contributed by atoms with E-state index in [-0.39, 0.29) is 12.6 Å². The Labute approximate surface area is 183 Å². The number of hydrazone groups is 1. The zero-order chi connectivity index (χ0) is 22.1. The first-order valence-electron chi connectivity index (χ1n) is 8.98. The lowest BCUT2D eigenvalue weighted by Crippen LogP contribution is -2.38. The van der Waals surface area contributed by atoms with E-state index in [1.54, 1.807) is 29.1 Å².